The van der Waals surface area contributed by atoms with Crippen molar-refractivity contribution in [2.24, 2.45) is 0 Å². The van der Waals surface area contributed by atoms with Gasteiger partial charge in [-0.05, 0) is 31.2 Å². The predicted octanol–water partition coefficient (Wildman–Crippen LogP) is 1.34. The number of ether oxygens (including phenoxy) is 1. The molecule has 0 atom stereocenters. The molecule has 20 heavy (non-hydrogen) atoms. The highest BCUT2D eigenvalue weighted by Crippen LogP contribution is 2.19. The molecule has 0 unspecified atom stereocenters. The number of rotatable bonds is 8. The highest BCUT2D eigenvalue weighted by atomic mass is 19.1. The van der Waals surface area contributed by atoms with Gasteiger partial charge < -0.3 is 15.4 Å². The Kier molecular flexibility index (Phi) is 7.07. The standard InChI is InChI=1S/C14H18FN3O2/c1-2-6-17-9-11-8-12(15)3-4-13(11)20-10-14(19)18-7-5-16/h3-4,8,17H,2,6-7,9-10H2,1H3,(H,18,19). The molecule has 0 bridgehead atoms. The Morgan fingerprint density at radius 3 is 3.00 bits per heavy atom. The Balaban J connectivity index is 2.59. The molecule has 5 nitrogen and oxygen atoms in total. The molecular formula is C14H18FN3O2. The lowest BCUT2D eigenvalue weighted by atomic mass is 10.2. The monoisotopic (exact) mass is 279 g/mol. The van der Waals surface area contributed by atoms with E-state index in [0.29, 0.717) is 17.9 Å². The average Bonchev–Trinajstić information content (AvgIpc) is 2.44. The maximum atomic E-state index is 13.2. The summed E-state index contributed by atoms with van der Waals surface area (Å²) in [4.78, 5) is 11.3. The summed E-state index contributed by atoms with van der Waals surface area (Å²) in [5.74, 6) is -0.273. The molecule has 1 aromatic carbocycles. The molecule has 0 heterocycles. The third-order valence-corrected chi connectivity index (χ3v) is 2.49. The fraction of sp³-hybridized carbons (Fsp3) is 0.429. The van der Waals surface area contributed by atoms with Gasteiger partial charge >= 0.3 is 0 Å². The maximum Gasteiger partial charge on any atom is 0.258 e. The molecule has 6 heteroatoms. The van der Waals surface area contributed by atoms with Crippen molar-refractivity contribution in [3.05, 3.63) is 29.6 Å². The lowest BCUT2D eigenvalue weighted by Crippen LogP contribution is -2.29. The van der Waals surface area contributed by atoms with Crippen molar-refractivity contribution in [3.63, 3.8) is 0 Å². The largest absolute Gasteiger partial charge is 0.483 e. The lowest BCUT2D eigenvalue weighted by Gasteiger charge is -2.12. The minimum absolute atomic E-state index is 0.0590. The zero-order valence-electron chi connectivity index (χ0n) is 11.4. The number of carbonyl (C=O) groups excluding carboxylic acids is 1. The van der Waals surface area contributed by atoms with Crippen molar-refractivity contribution in [1.29, 1.82) is 5.26 Å². The summed E-state index contributed by atoms with van der Waals surface area (Å²) in [6.45, 7) is 3.07. The van der Waals surface area contributed by atoms with E-state index in [9.17, 15) is 9.18 Å². The maximum absolute atomic E-state index is 13.2. The summed E-state index contributed by atoms with van der Waals surface area (Å²) < 4.78 is 18.6. The van der Waals surface area contributed by atoms with Gasteiger partial charge in [-0.2, -0.15) is 5.26 Å². The van der Waals surface area contributed by atoms with Crippen molar-refractivity contribution in [1.82, 2.24) is 10.6 Å². The number of benzene rings is 1. The molecule has 0 saturated heterocycles. The number of nitrogens with zero attached hydrogens (tertiary/aromatic N) is 1. The quantitative estimate of drug-likeness (QED) is 0.556. The SMILES string of the molecule is CCCNCc1cc(F)ccc1OCC(=O)NCC#N. The Morgan fingerprint density at radius 2 is 2.30 bits per heavy atom. The average molecular weight is 279 g/mol. The van der Waals surface area contributed by atoms with Crippen molar-refractivity contribution >= 4 is 5.91 Å². The van der Waals surface area contributed by atoms with Crippen LogP contribution < -0.4 is 15.4 Å². The first-order valence-electron chi connectivity index (χ1n) is 6.43. The molecule has 108 valence electrons. The summed E-state index contributed by atoms with van der Waals surface area (Å²) in [6.07, 6.45) is 0.974. The van der Waals surface area contributed by atoms with Gasteiger partial charge in [-0.15, -0.1) is 0 Å². The second-order valence-corrected chi connectivity index (χ2v) is 4.15. The fourth-order valence-electron chi connectivity index (χ4n) is 1.56. The third kappa shape index (κ3) is 5.67. The van der Waals surface area contributed by atoms with E-state index in [1.54, 1.807) is 6.07 Å². The molecule has 1 aromatic rings. The second kappa shape index (κ2) is 8.88. The fourth-order valence-corrected chi connectivity index (χ4v) is 1.56. The highest BCUT2D eigenvalue weighted by molar-refractivity contribution is 5.77. The van der Waals surface area contributed by atoms with Crippen LogP contribution >= 0.6 is 0 Å². The van der Waals surface area contributed by atoms with Gasteiger partial charge in [0.25, 0.3) is 5.91 Å². The van der Waals surface area contributed by atoms with Gasteiger partial charge in [-0.3, -0.25) is 4.79 Å². The van der Waals surface area contributed by atoms with Crippen LogP contribution in [0.5, 0.6) is 5.75 Å². The summed E-state index contributed by atoms with van der Waals surface area (Å²) in [7, 11) is 0. The number of halogens is 1. The van der Waals surface area contributed by atoms with Gasteiger partial charge in [0.1, 0.15) is 18.1 Å². The zero-order valence-corrected chi connectivity index (χ0v) is 11.4. The van der Waals surface area contributed by atoms with Crippen molar-refractivity contribution < 1.29 is 13.9 Å². The Hall–Kier alpha value is -2.13. The molecule has 0 aliphatic heterocycles. The molecule has 0 fully saturated rings. The molecule has 0 saturated carbocycles. The Labute approximate surface area is 117 Å². The van der Waals surface area contributed by atoms with Crippen LogP contribution in [0, 0.1) is 17.1 Å². The first kappa shape index (κ1) is 15.9. The van der Waals surface area contributed by atoms with E-state index < -0.39 is 0 Å². The van der Waals surface area contributed by atoms with Crippen LogP contribution in [0.15, 0.2) is 18.2 Å². The number of nitriles is 1. The van der Waals surface area contributed by atoms with E-state index in [4.69, 9.17) is 10.00 Å². The molecule has 0 aromatic heterocycles. The van der Waals surface area contributed by atoms with Gasteiger partial charge in [-0.25, -0.2) is 4.39 Å². The minimum atomic E-state index is -0.386. The zero-order chi connectivity index (χ0) is 14.8. The summed E-state index contributed by atoms with van der Waals surface area (Å²) >= 11 is 0. The Bertz CT molecular complexity index is 486. The van der Waals surface area contributed by atoms with E-state index in [-0.39, 0.29) is 24.9 Å². The van der Waals surface area contributed by atoms with Crippen LogP contribution in [0.25, 0.3) is 0 Å². The molecular weight excluding hydrogens is 261 g/mol. The lowest BCUT2D eigenvalue weighted by molar-refractivity contribution is -0.122. The Morgan fingerprint density at radius 1 is 1.50 bits per heavy atom. The molecule has 1 amide bonds. The predicted molar refractivity (Wildman–Crippen MR) is 72.5 cm³/mol. The van der Waals surface area contributed by atoms with Gasteiger partial charge in [0, 0.05) is 12.1 Å². The highest BCUT2D eigenvalue weighted by Gasteiger charge is 2.08. The van der Waals surface area contributed by atoms with Crippen LogP contribution in [0.1, 0.15) is 18.9 Å². The van der Waals surface area contributed by atoms with Gasteiger partial charge in [0.05, 0.1) is 6.07 Å². The number of carbonyl (C=O) groups is 1. The summed E-state index contributed by atoms with van der Waals surface area (Å²) in [5, 5.41) is 13.9. The van der Waals surface area contributed by atoms with E-state index in [1.165, 1.54) is 18.2 Å². The van der Waals surface area contributed by atoms with Crippen molar-refractivity contribution in [3.8, 4) is 11.8 Å². The van der Waals surface area contributed by atoms with Crippen LogP contribution in [0.4, 0.5) is 4.39 Å². The normalized spacial score (nSPS) is 9.85. The smallest absolute Gasteiger partial charge is 0.258 e. The third-order valence-electron chi connectivity index (χ3n) is 2.49. The van der Waals surface area contributed by atoms with Crippen molar-refractivity contribution in [2.45, 2.75) is 19.9 Å². The van der Waals surface area contributed by atoms with E-state index in [0.717, 1.165) is 13.0 Å². The molecule has 0 spiro atoms. The van der Waals surface area contributed by atoms with E-state index >= 15 is 0 Å². The van der Waals surface area contributed by atoms with Crippen LogP contribution in [-0.2, 0) is 11.3 Å². The number of hydrogen-bond acceptors (Lipinski definition) is 4. The number of nitrogens with one attached hydrogen (secondary N) is 2. The summed E-state index contributed by atoms with van der Waals surface area (Å²) in [6, 6.07) is 5.96. The number of hydrogen-bond donors (Lipinski definition) is 2. The molecule has 1 rings (SSSR count). The van der Waals surface area contributed by atoms with Crippen LogP contribution in [0.2, 0.25) is 0 Å². The van der Waals surface area contributed by atoms with E-state index in [1.807, 2.05) is 6.92 Å². The molecule has 0 aliphatic carbocycles. The molecule has 0 aliphatic rings. The van der Waals surface area contributed by atoms with Gasteiger partial charge in [0.15, 0.2) is 6.61 Å². The van der Waals surface area contributed by atoms with Crippen molar-refractivity contribution in [2.75, 3.05) is 19.7 Å². The summed E-state index contributed by atoms with van der Waals surface area (Å²) in [5.41, 5.74) is 0.659. The topological polar surface area (TPSA) is 74.2 Å². The van der Waals surface area contributed by atoms with Crippen LogP contribution in [0.3, 0.4) is 0 Å². The second-order valence-electron chi connectivity index (χ2n) is 4.15. The van der Waals surface area contributed by atoms with Crippen LogP contribution in [-0.4, -0.2) is 25.6 Å². The first-order valence-corrected chi connectivity index (χ1v) is 6.43. The molecule has 2 N–H and O–H groups in total. The van der Waals surface area contributed by atoms with Gasteiger partial charge in [-0.1, -0.05) is 6.92 Å². The minimum Gasteiger partial charge on any atom is -0.483 e. The molecule has 0 radical (unpaired) electrons. The number of amides is 1. The van der Waals surface area contributed by atoms with E-state index in [2.05, 4.69) is 10.6 Å². The first-order chi connectivity index (χ1) is 9.67. The van der Waals surface area contributed by atoms with Gasteiger partial charge in [0.2, 0.25) is 0 Å².